The summed E-state index contributed by atoms with van der Waals surface area (Å²) >= 11 is 1.62. The lowest BCUT2D eigenvalue weighted by molar-refractivity contribution is 0.195. The Balaban J connectivity index is 1.87. The van der Waals surface area contributed by atoms with Crippen LogP contribution in [-0.4, -0.2) is 78.9 Å². The van der Waals surface area contributed by atoms with E-state index in [0.29, 0.717) is 12.2 Å². The number of nitrogens with zero attached hydrogens (tertiary/aromatic N) is 7. The molecule has 0 saturated carbocycles. The zero-order valence-electron chi connectivity index (χ0n) is 24.2. The van der Waals surface area contributed by atoms with E-state index >= 15 is 0 Å². The van der Waals surface area contributed by atoms with Crippen molar-refractivity contribution in [2.45, 2.75) is 72.0 Å². The van der Waals surface area contributed by atoms with E-state index in [-0.39, 0.29) is 5.95 Å². The van der Waals surface area contributed by atoms with Crippen LogP contribution in [0.25, 0.3) is 17.1 Å². The Hall–Kier alpha value is -3.18. The van der Waals surface area contributed by atoms with Gasteiger partial charge < -0.3 is 14.7 Å². The summed E-state index contributed by atoms with van der Waals surface area (Å²) in [5.74, 6) is 1.71. The first-order valence-electron chi connectivity index (χ1n) is 13.3. The topological polar surface area (TPSA) is 110 Å². The summed E-state index contributed by atoms with van der Waals surface area (Å²) in [5.41, 5.74) is 4.66. The normalized spacial score (nSPS) is 13.5. The van der Waals surface area contributed by atoms with Crippen LogP contribution in [-0.2, 0) is 6.54 Å². The smallest absolute Gasteiger partial charge is 0.414 e. The van der Waals surface area contributed by atoms with E-state index in [4.69, 9.17) is 19.8 Å². The van der Waals surface area contributed by atoms with Gasteiger partial charge in [-0.2, -0.15) is 10.1 Å². The third-order valence-electron chi connectivity index (χ3n) is 7.06. The Kier molecular flexibility index (Phi) is 8.51. The van der Waals surface area contributed by atoms with E-state index < -0.39 is 11.6 Å². The molecule has 3 aromatic rings. The summed E-state index contributed by atoms with van der Waals surface area (Å²) in [4.78, 5) is 30.2. The van der Waals surface area contributed by atoms with Crippen molar-refractivity contribution in [3.63, 3.8) is 0 Å². The minimum atomic E-state index is -1.10. The Morgan fingerprint density at radius 3 is 2.54 bits per heavy atom. The first kappa shape index (κ1) is 28.8. The van der Waals surface area contributed by atoms with Gasteiger partial charge in [0.15, 0.2) is 5.65 Å². The van der Waals surface area contributed by atoms with E-state index in [1.54, 1.807) is 25.1 Å². The summed E-state index contributed by atoms with van der Waals surface area (Å²) in [6, 6.07) is 0. The molecule has 1 N–H and O–H groups in total. The number of pyridine rings is 1. The van der Waals surface area contributed by atoms with E-state index in [1.165, 1.54) is 10.5 Å². The number of aromatic nitrogens is 5. The maximum atomic E-state index is 12.3. The van der Waals surface area contributed by atoms with E-state index in [2.05, 4.69) is 29.8 Å². The Bertz CT molecular complexity index is 1410. The molecule has 1 aliphatic rings. The van der Waals surface area contributed by atoms with Crippen LogP contribution in [0.3, 0.4) is 0 Å². The van der Waals surface area contributed by atoms with Gasteiger partial charge in [-0.05, 0) is 60.2 Å². The second-order valence-electron chi connectivity index (χ2n) is 10.8. The van der Waals surface area contributed by atoms with Crippen LogP contribution in [0.5, 0.6) is 5.75 Å². The predicted molar refractivity (Wildman–Crippen MR) is 156 cm³/mol. The lowest BCUT2D eigenvalue weighted by atomic mass is 10.1. The number of hydrogen-bond donors (Lipinski definition) is 1. The summed E-state index contributed by atoms with van der Waals surface area (Å²) in [7, 11) is 1.66. The van der Waals surface area contributed by atoms with Crippen LogP contribution in [0.1, 0.15) is 63.6 Å². The van der Waals surface area contributed by atoms with Gasteiger partial charge in [-0.3, -0.25) is 4.98 Å². The van der Waals surface area contributed by atoms with Crippen molar-refractivity contribution in [3.8, 4) is 5.75 Å². The first-order valence-corrected chi connectivity index (χ1v) is 14.3. The van der Waals surface area contributed by atoms with Gasteiger partial charge in [0.2, 0.25) is 5.95 Å². The molecule has 0 atom stereocenters. The molecule has 0 fully saturated rings. The number of carbonyl (C=O) groups is 1. The molecular formula is C28H39N7O3S. The lowest BCUT2D eigenvalue weighted by Gasteiger charge is -2.31. The molecule has 0 unspecified atom stereocenters. The molecule has 11 heteroatoms. The van der Waals surface area contributed by atoms with Crippen molar-refractivity contribution >= 4 is 40.9 Å². The number of rotatable bonds is 9. The van der Waals surface area contributed by atoms with Crippen LogP contribution in [0, 0.1) is 13.8 Å². The molecule has 3 aromatic heterocycles. The minimum Gasteiger partial charge on any atom is -0.496 e. The van der Waals surface area contributed by atoms with Gasteiger partial charge in [0, 0.05) is 35.2 Å². The molecule has 0 aromatic carbocycles. The third-order valence-corrected chi connectivity index (χ3v) is 8.15. The highest BCUT2D eigenvalue weighted by Crippen LogP contribution is 2.37. The molecule has 0 aliphatic carbocycles. The molecule has 0 spiro atoms. The highest BCUT2D eigenvalue weighted by atomic mass is 32.2. The van der Waals surface area contributed by atoms with Crippen molar-refractivity contribution in [1.82, 2.24) is 29.6 Å². The standard InChI is InChI=1S/C28H39N7O3S/c1-9-33(10-2)12-11-19-13-20-22-24(34(32-20)15-21-18(4)23(38-8)17(3)14-29-21)30-26(31-25(22)39-16-19)35(27(36)37)28(5,6)7/h13-14H,9-12,15-16H2,1-8H3,(H,36,37). The van der Waals surface area contributed by atoms with Gasteiger partial charge >= 0.3 is 6.09 Å². The second-order valence-corrected chi connectivity index (χ2v) is 11.7. The number of amides is 1. The number of carboxylic acid groups (broad SMARTS) is 1. The van der Waals surface area contributed by atoms with Crippen LogP contribution >= 0.6 is 11.8 Å². The lowest BCUT2D eigenvalue weighted by Crippen LogP contribution is -2.46. The minimum absolute atomic E-state index is 0.149. The molecule has 1 aliphatic heterocycles. The predicted octanol–water partition coefficient (Wildman–Crippen LogP) is 5.40. The van der Waals surface area contributed by atoms with Crippen molar-refractivity contribution < 1.29 is 14.6 Å². The number of hydrogen-bond acceptors (Lipinski definition) is 8. The van der Waals surface area contributed by atoms with Crippen LogP contribution in [0.4, 0.5) is 10.7 Å². The van der Waals surface area contributed by atoms with Crippen LogP contribution in [0.2, 0.25) is 0 Å². The SMILES string of the molecule is CCN(CC)CCC1=Cc2nn(Cc3ncc(C)c(OC)c3C)c3nc(N(C(=O)O)C(C)(C)C)nc(c23)SC1. The summed E-state index contributed by atoms with van der Waals surface area (Å²) in [6.45, 7) is 17.2. The Morgan fingerprint density at radius 2 is 1.92 bits per heavy atom. The monoisotopic (exact) mass is 553 g/mol. The largest absolute Gasteiger partial charge is 0.496 e. The molecule has 39 heavy (non-hydrogen) atoms. The third kappa shape index (κ3) is 5.89. The molecule has 4 rings (SSSR count). The second kappa shape index (κ2) is 11.5. The van der Waals surface area contributed by atoms with Gasteiger partial charge in [0.25, 0.3) is 0 Å². The van der Waals surface area contributed by atoms with E-state index in [1.807, 2.05) is 39.3 Å². The average molecular weight is 554 g/mol. The molecule has 0 saturated heterocycles. The maximum absolute atomic E-state index is 12.3. The van der Waals surface area contributed by atoms with Crippen molar-refractivity contribution in [1.29, 1.82) is 0 Å². The zero-order chi connectivity index (χ0) is 28.5. The van der Waals surface area contributed by atoms with E-state index in [0.717, 1.165) is 70.5 Å². The molecule has 0 bridgehead atoms. The quantitative estimate of drug-likeness (QED) is 0.348. The fraction of sp³-hybridized carbons (Fsp3) is 0.536. The Morgan fingerprint density at radius 1 is 1.21 bits per heavy atom. The summed E-state index contributed by atoms with van der Waals surface area (Å²) in [6.07, 6.45) is 3.79. The van der Waals surface area contributed by atoms with Gasteiger partial charge in [-0.1, -0.05) is 19.4 Å². The molecule has 10 nitrogen and oxygen atoms in total. The van der Waals surface area contributed by atoms with Gasteiger partial charge in [-0.15, -0.1) is 11.8 Å². The molecule has 4 heterocycles. The zero-order valence-corrected chi connectivity index (χ0v) is 25.0. The summed E-state index contributed by atoms with van der Waals surface area (Å²) < 4.78 is 7.44. The highest BCUT2D eigenvalue weighted by Gasteiger charge is 2.32. The number of thioether (sulfide) groups is 1. The van der Waals surface area contributed by atoms with Crippen LogP contribution in [0.15, 0.2) is 16.8 Å². The number of methoxy groups -OCH3 is 1. The molecule has 0 radical (unpaired) electrons. The molecular weight excluding hydrogens is 514 g/mol. The van der Waals surface area contributed by atoms with E-state index in [9.17, 15) is 9.90 Å². The fourth-order valence-corrected chi connectivity index (χ4v) is 5.93. The number of aryl methyl sites for hydroxylation is 1. The first-order chi connectivity index (χ1) is 18.5. The van der Waals surface area contributed by atoms with Crippen molar-refractivity contribution in [2.75, 3.05) is 37.4 Å². The van der Waals surface area contributed by atoms with Crippen molar-refractivity contribution in [3.05, 3.63) is 34.3 Å². The van der Waals surface area contributed by atoms with Crippen molar-refractivity contribution in [2.24, 2.45) is 0 Å². The highest BCUT2D eigenvalue weighted by molar-refractivity contribution is 7.99. The Labute approximate surface area is 234 Å². The summed E-state index contributed by atoms with van der Waals surface area (Å²) in [5, 5.41) is 16.7. The maximum Gasteiger partial charge on any atom is 0.414 e. The number of ether oxygens (including phenoxy) is 1. The molecule has 1 amide bonds. The van der Waals surface area contributed by atoms with Crippen LogP contribution < -0.4 is 9.64 Å². The fourth-order valence-electron chi connectivity index (χ4n) is 4.90. The average Bonchev–Trinajstić information content (AvgIpc) is 3.09. The van der Waals surface area contributed by atoms with Gasteiger partial charge in [0.05, 0.1) is 30.4 Å². The van der Waals surface area contributed by atoms with Gasteiger partial charge in [0.1, 0.15) is 10.8 Å². The number of anilines is 1. The van der Waals surface area contributed by atoms with Gasteiger partial charge in [-0.25, -0.2) is 19.4 Å². The molecule has 210 valence electrons.